The highest BCUT2D eigenvalue weighted by Gasteiger charge is 2.49. The number of nitrogens with zero attached hydrogens (tertiary/aromatic N) is 1. The molecule has 0 aliphatic carbocycles. The first-order valence-electron chi connectivity index (χ1n) is 6.73. The Bertz CT molecular complexity index is 527. The van der Waals surface area contributed by atoms with Crippen LogP contribution in [0.5, 0.6) is 0 Å². The largest absolute Gasteiger partial charge is 0.461 e. The monoisotopic (exact) mass is 274 g/mol. The molecule has 0 radical (unpaired) electrons. The van der Waals surface area contributed by atoms with Crippen molar-refractivity contribution in [1.29, 1.82) is 0 Å². The molecule has 0 aromatic heterocycles. The first kappa shape index (κ1) is 14.2. The molecule has 1 aliphatic rings. The fourth-order valence-corrected chi connectivity index (χ4v) is 2.59. The Labute approximate surface area is 118 Å². The zero-order valence-corrected chi connectivity index (χ0v) is 11.6. The number of rotatable bonds is 5. The molecule has 0 saturated carbocycles. The number of carbonyl (C=O) groups excluding carboxylic acids is 2. The van der Waals surface area contributed by atoms with E-state index in [1.54, 1.807) is 6.92 Å². The Morgan fingerprint density at radius 1 is 1.40 bits per heavy atom. The third-order valence-corrected chi connectivity index (χ3v) is 3.57. The number of aldehydes is 1. The number of carbonyl (C=O) groups is 2. The van der Waals surface area contributed by atoms with Crippen LogP contribution in [0.1, 0.15) is 25.8 Å². The highest BCUT2D eigenvalue weighted by molar-refractivity contribution is 6.38. The molecule has 5 heteroatoms. The summed E-state index contributed by atoms with van der Waals surface area (Å²) in [5.41, 5.74) is 2.94. The summed E-state index contributed by atoms with van der Waals surface area (Å²) < 4.78 is 5.01. The van der Waals surface area contributed by atoms with Crippen LogP contribution in [-0.2, 0) is 19.9 Å². The van der Waals surface area contributed by atoms with Crippen LogP contribution in [0.15, 0.2) is 35.4 Å². The average Bonchev–Trinajstić information content (AvgIpc) is 2.88. The summed E-state index contributed by atoms with van der Waals surface area (Å²) >= 11 is 0. The molecule has 1 N–H and O–H groups in total. The minimum absolute atomic E-state index is 0.283. The lowest BCUT2D eigenvalue weighted by molar-refractivity contribution is -0.135. The van der Waals surface area contributed by atoms with Crippen molar-refractivity contribution in [3.63, 3.8) is 0 Å². The summed E-state index contributed by atoms with van der Waals surface area (Å²) in [6, 6.07) is 9.31. The van der Waals surface area contributed by atoms with E-state index >= 15 is 0 Å². The van der Waals surface area contributed by atoms with Crippen LogP contribution < -0.4 is 5.43 Å². The Hall–Kier alpha value is -2.17. The molecule has 0 bridgehead atoms. The van der Waals surface area contributed by atoms with Crippen molar-refractivity contribution in [1.82, 2.24) is 5.43 Å². The van der Waals surface area contributed by atoms with Crippen molar-refractivity contribution in [3.05, 3.63) is 35.9 Å². The van der Waals surface area contributed by atoms with E-state index in [1.165, 1.54) is 0 Å². The molecule has 1 aromatic rings. The topological polar surface area (TPSA) is 67.8 Å². The van der Waals surface area contributed by atoms with Gasteiger partial charge in [0.15, 0.2) is 12.0 Å². The number of esters is 1. The maximum atomic E-state index is 11.9. The number of benzene rings is 1. The molecule has 1 heterocycles. The van der Waals surface area contributed by atoms with Gasteiger partial charge in [-0.2, -0.15) is 5.10 Å². The molecule has 2 rings (SSSR count). The molecule has 20 heavy (non-hydrogen) atoms. The van der Waals surface area contributed by atoms with E-state index in [9.17, 15) is 9.59 Å². The maximum absolute atomic E-state index is 11.9. The summed E-state index contributed by atoms with van der Waals surface area (Å²) in [4.78, 5) is 23.7. The van der Waals surface area contributed by atoms with Crippen molar-refractivity contribution >= 4 is 18.0 Å². The lowest BCUT2D eigenvalue weighted by atomic mass is 9.76. The highest BCUT2D eigenvalue weighted by Crippen LogP contribution is 2.35. The Kier molecular flexibility index (Phi) is 4.17. The average molecular weight is 274 g/mol. The second-order valence-electron chi connectivity index (χ2n) is 4.64. The maximum Gasteiger partial charge on any atom is 0.354 e. The van der Waals surface area contributed by atoms with Gasteiger partial charge in [-0.1, -0.05) is 37.3 Å². The van der Waals surface area contributed by atoms with Crippen LogP contribution >= 0.6 is 0 Å². The number of hydrazone groups is 1. The van der Waals surface area contributed by atoms with Gasteiger partial charge < -0.3 is 9.53 Å². The second kappa shape index (κ2) is 5.86. The van der Waals surface area contributed by atoms with Crippen molar-refractivity contribution in [2.24, 2.45) is 11.0 Å². The van der Waals surface area contributed by atoms with Crippen LogP contribution in [0.4, 0.5) is 0 Å². The predicted octanol–water partition coefficient (Wildman–Crippen LogP) is 1.63. The summed E-state index contributed by atoms with van der Waals surface area (Å²) in [6.07, 6.45) is 1.44. The molecule has 106 valence electrons. The van der Waals surface area contributed by atoms with Crippen LogP contribution in [0.2, 0.25) is 0 Å². The number of hydrogen-bond donors (Lipinski definition) is 1. The lowest BCUT2D eigenvalue weighted by Gasteiger charge is -2.29. The molecule has 0 unspecified atom stereocenters. The molecule has 5 nitrogen and oxygen atoms in total. The quantitative estimate of drug-likeness (QED) is 0.654. The van der Waals surface area contributed by atoms with Crippen LogP contribution in [-0.4, -0.2) is 24.6 Å². The van der Waals surface area contributed by atoms with E-state index in [1.807, 2.05) is 37.3 Å². The number of hydrogen-bond acceptors (Lipinski definition) is 5. The van der Waals surface area contributed by atoms with E-state index in [4.69, 9.17) is 4.74 Å². The molecule has 1 aromatic carbocycles. The first-order valence-corrected chi connectivity index (χ1v) is 6.73. The summed E-state index contributed by atoms with van der Waals surface area (Å²) in [5.74, 6) is -0.798. The van der Waals surface area contributed by atoms with Gasteiger partial charge in [-0.25, -0.2) is 4.79 Å². The molecule has 0 fully saturated rings. The zero-order chi connectivity index (χ0) is 14.6. The molecule has 1 aliphatic heterocycles. The number of ether oxygens (including phenoxy) is 1. The van der Waals surface area contributed by atoms with Crippen LogP contribution in [0.25, 0.3) is 0 Å². The smallest absolute Gasteiger partial charge is 0.354 e. The lowest BCUT2D eigenvalue weighted by Crippen LogP contribution is -2.46. The SMILES string of the molecule is CCOC(=O)C1=NN[C@](C=O)(c2ccccc2)[C@@H]1CC. The molecular weight excluding hydrogens is 256 g/mol. The standard InChI is InChI=1S/C15H18N2O3/c1-3-12-13(14(19)20-4-2)16-17-15(12,10-18)11-8-6-5-7-9-11/h5-10,12,17H,3-4H2,1-2H3/t12-,15-/m1/s1. The van der Waals surface area contributed by atoms with Gasteiger partial charge in [-0.05, 0) is 18.9 Å². The van der Waals surface area contributed by atoms with Gasteiger partial charge in [0.25, 0.3) is 0 Å². The summed E-state index contributed by atoms with van der Waals surface area (Å²) in [6.45, 7) is 3.95. The van der Waals surface area contributed by atoms with Crippen molar-refractivity contribution < 1.29 is 14.3 Å². The van der Waals surface area contributed by atoms with Crippen molar-refractivity contribution in [3.8, 4) is 0 Å². The Balaban J connectivity index is 2.38. The third kappa shape index (κ3) is 2.19. The summed E-state index contributed by atoms with van der Waals surface area (Å²) in [5, 5.41) is 4.07. The zero-order valence-electron chi connectivity index (χ0n) is 11.6. The van der Waals surface area contributed by atoms with Crippen molar-refractivity contribution in [2.75, 3.05) is 6.61 Å². The van der Waals surface area contributed by atoms with Gasteiger partial charge in [0.05, 0.1) is 6.61 Å². The fourth-order valence-electron chi connectivity index (χ4n) is 2.59. The second-order valence-corrected chi connectivity index (χ2v) is 4.64. The highest BCUT2D eigenvalue weighted by atomic mass is 16.5. The third-order valence-electron chi connectivity index (χ3n) is 3.57. The normalized spacial score (nSPS) is 24.7. The number of nitrogens with one attached hydrogen (secondary N) is 1. The molecule has 0 spiro atoms. The van der Waals surface area contributed by atoms with Crippen LogP contribution in [0, 0.1) is 5.92 Å². The molecule has 0 saturated heterocycles. The minimum atomic E-state index is -0.988. The van der Waals surface area contributed by atoms with Crippen LogP contribution in [0.3, 0.4) is 0 Å². The van der Waals surface area contributed by atoms with Gasteiger partial charge in [0, 0.05) is 5.92 Å². The minimum Gasteiger partial charge on any atom is -0.461 e. The van der Waals surface area contributed by atoms with Gasteiger partial charge in [-0.3, -0.25) is 5.43 Å². The van der Waals surface area contributed by atoms with Gasteiger partial charge in [-0.15, -0.1) is 0 Å². The van der Waals surface area contributed by atoms with E-state index in [-0.39, 0.29) is 18.2 Å². The van der Waals surface area contributed by atoms with Gasteiger partial charge >= 0.3 is 5.97 Å². The van der Waals surface area contributed by atoms with E-state index in [0.29, 0.717) is 6.42 Å². The van der Waals surface area contributed by atoms with Gasteiger partial charge in [0.2, 0.25) is 0 Å². The summed E-state index contributed by atoms with van der Waals surface area (Å²) in [7, 11) is 0. The first-order chi connectivity index (χ1) is 9.69. The molecular formula is C15H18N2O3. The Morgan fingerprint density at radius 3 is 2.65 bits per heavy atom. The molecule has 2 atom stereocenters. The Morgan fingerprint density at radius 2 is 2.10 bits per heavy atom. The van der Waals surface area contributed by atoms with E-state index in [2.05, 4.69) is 10.5 Å². The van der Waals surface area contributed by atoms with Crippen molar-refractivity contribution in [2.45, 2.75) is 25.8 Å². The predicted molar refractivity (Wildman–Crippen MR) is 75.2 cm³/mol. The van der Waals surface area contributed by atoms with E-state index < -0.39 is 11.5 Å². The van der Waals surface area contributed by atoms with E-state index in [0.717, 1.165) is 11.8 Å². The fraction of sp³-hybridized carbons (Fsp3) is 0.400. The van der Waals surface area contributed by atoms with Gasteiger partial charge in [0.1, 0.15) is 5.54 Å². The molecule has 0 amide bonds.